The molecule has 0 aromatic heterocycles. The minimum Gasteiger partial charge on any atom is -0.288 e. The van der Waals surface area contributed by atoms with E-state index in [4.69, 9.17) is 4.55 Å². The molecule has 26 heavy (non-hydrogen) atoms. The molecule has 9 nitrogen and oxygen atoms in total. The minimum absolute atomic E-state index is 0.0815. The van der Waals surface area contributed by atoms with Crippen molar-refractivity contribution >= 4 is 44.5 Å². The first-order valence-electron chi connectivity index (χ1n) is 7.46. The molecule has 0 aliphatic carbocycles. The Hall–Kier alpha value is -3.11. The van der Waals surface area contributed by atoms with Crippen LogP contribution in [0.5, 0.6) is 0 Å². The van der Waals surface area contributed by atoms with Crippen LogP contribution in [0.2, 0.25) is 0 Å². The summed E-state index contributed by atoms with van der Waals surface area (Å²) in [6.07, 6.45) is 0. The van der Waals surface area contributed by atoms with Gasteiger partial charge in [0.05, 0.1) is 5.75 Å². The van der Waals surface area contributed by atoms with Crippen LogP contribution in [-0.2, 0) is 10.1 Å². The van der Waals surface area contributed by atoms with Gasteiger partial charge in [0, 0.05) is 39.6 Å². The molecule has 0 saturated heterocycles. The van der Waals surface area contributed by atoms with Crippen LogP contribution in [0.1, 0.15) is 41.4 Å². The van der Waals surface area contributed by atoms with Crippen molar-refractivity contribution in [3.8, 4) is 0 Å². The standard InChI is InChI=1S/C16H10N2O7S/c19-13-7-1-3-9-12-10(4-2-8(11(7)12)14(20)17-13)16(22)18(15(9)21)5-6-26(23,24)25/h1-4H,5-6H2,(H,17,19,20)(H,23,24,25). The maximum absolute atomic E-state index is 12.7. The van der Waals surface area contributed by atoms with Gasteiger partial charge in [0.25, 0.3) is 33.7 Å². The highest BCUT2D eigenvalue weighted by molar-refractivity contribution is 7.85. The average molecular weight is 374 g/mol. The number of rotatable bonds is 3. The second-order valence-corrected chi connectivity index (χ2v) is 7.47. The molecular formula is C16H10N2O7S. The molecule has 2 aliphatic heterocycles. The number of carbonyl (C=O) groups excluding carboxylic acids is 4. The van der Waals surface area contributed by atoms with Crippen molar-refractivity contribution in [2.45, 2.75) is 0 Å². The number of carbonyl (C=O) groups is 4. The number of nitrogens with one attached hydrogen (secondary N) is 1. The van der Waals surface area contributed by atoms with Crippen molar-refractivity contribution in [3.63, 3.8) is 0 Å². The summed E-state index contributed by atoms with van der Waals surface area (Å²) in [4.78, 5) is 50.1. The Morgan fingerprint density at radius 2 is 1.23 bits per heavy atom. The second kappa shape index (κ2) is 5.19. The van der Waals surface area contributed by atoms with Gasteiger partial charge in [-0.2, -0.15) is 8.42 Å². The van der Waals surface area contributed by atoms with Crippen LogP contribution in [0.4, 0.5) is 0 Å². The summed E-state index contributed by atoms with van der Waals surface area (Å²) in [5.41, 5.74) is 0.510. The zero-order chi connectivity index (χ0) is 18.8. The Morgan fingerprint density at radius 3 is 1.69 bits per heavy atom. The molecule has 2 N–H and O–H groups in total. The van der Waals surface area contributed by atoms with E-state index >= 15 is 0 Å². The van der Waals surface area contributed by atoms with E-state index in [1.54, 1.807) is 0 Å². The lowest BCUT2D eigenvalue weighted by atomic mass is 9.86. The van der Waals surface area contributed by atoms with Gasteiger partial charge < -0.3 is 0 Å². The number of hydrogen-bond donors (Lipinski definition) is 2. The molecule has 0 fully saturated rings. The first-order chi connectivity index (χ1) is 12.2. The normalized spacial score (nSPS) is 16.3. The molecule has 132 valence electrons. The van der Waals surface area contributed by atoms with Gasteiger partial charge in [0.15, 0.2) is 0 Å². The molecular weight excluding hydrogens is 364 g/mol. The summed E-state index contributed by atoms with van der Waals surface area (Å²) in [7, 11) is -4.37. The fourth-order valence-electron chi connectivity index (χ4n) is 3.26. The molecule has 2 aliphatic rings. The fourth-order valence-corrected chi connectivity index (χ4v) is 3.67. The molecule has 2 aromatic carbocycles. The van der Waals surface area contributed by atoms with Crippen LogP contribution >= 0.6 is 0 Å². The largest absolute Gasteiger partial charge is 0.288 e. The van der Waals surface area contributed by atoms with Crippen molar-refractivity contribution in [1.82, 2.24) is 10.2 Å². The summed E-state index contributed by atoms with van der Waals surface area (Å²) in [5.74, 6) is -3.55. The highest BCUT2D eigenvalue weighted by Crippen LogP contribution is 2.35. The number of imide groups is 2. The Morgan fingerprint density at radius 1 is 0.808 bits per heavy atom. The third-order valence-corrected chi connectivity index (χ3v) is 5.10. The van der Waals surface area contributed by atoms with Crippen LogP contribution in [0, 0.1) is 0 Å². The highest BCUT2D eigenvalue weighted by atomic mass is 32.2. The van der Waals surface area contributed by atoms with Gasteiger partial charge in [-0.25, -0.2) is 0 Å². The monoisotopic (exact) mass is 374 g/mol. The van der Waals surface area contributed by atoms with Crippen molar-refractivity contribution in [3.05, 3.63) is 46.5 Å². The summed E-state index contributed by atoms with van der Waals surface area (Å²) < 4.78 is 30.8. The summed E-state index contributed by atoms with van der Waals surface area (Å²) in [6.45, 7) is -0.514. The summed E-state index contributed by atoms with van der Waals surface area (Å²) in [6, 6.07) is 5.47. The molecule has 10 heteroatoms. The Labute approximate surface area is 146 Å². The van der Waals surface area contributed by atoms with Gasteiger partial charge in [-0.1, -0.05) is 0 Å². The molecule has 0 atom stereocenters. The molecule has 2 aromatic rings. The molecule has 0 spiro atoms. The van der Waals surface area contributed by atoms with E-state index in [0.29, 0.717) is 0 Å². The van der Waals surface area contributed by atoms with Gasteiger partial charge in [0.1, 0.15) is 0 Å². The SMILES string of the molecule is O=C1NC(=O)c2ccc3c4c(ccc1c24)C(=O)N(CCS(=O)(=O)O)C3=O. The average Bonchev–Trinajstić information content (AvgIpc) is 2.56. The summed E-state index contributed by atoms with van der Waals surface area (Å²) in [5, 5.41) is 2.61. The van der Waals surface area contributed by atoms with E-state index in [1.807, 2.05) is 0 Å². The van der Waals surface area contributed by atoms with E-state index in [1.165, 1.54) is 24.3 Å². The maximum Gasteiger partial charge on any atom is 0.266 e. The van der Waals surface area contributed by atoms with Gasteiger partial charge >= 0.3 is 0 Å². The Bertz CT molecular complexity index is 1100. The van der Waals surface area contributed by atoms with Crippen molar-refractivity contribution in [2.75, 3.05) is 12.3 Å². The van der Waals surface area contributed by atoms with E-state index in [-0.39, 0.29) is 33.0 Å². The zero-order valence-corrected chi connectivity index (χ0v) is 13.8. The first-order valence-corrected chi connectivity index (χ1v) is 9.07. The van der Waals surface area contributed by atoms with E-state index < -0.39 is 46.0 Å². The van der Waals surface area contributed by atoms with Crippen molar-refractivity contribution in [1.29, 1.82) is 0 Å². The third-order valence-electron chi connectivity index (χ3n) is 4.40. The number of hydrogen-bond acceptors (Lipinski definition) is 6. The fraction of sp³-hybridized carbons (Fsp3) is 0.125. The van der Waals surface area contributed by atoms with E-state index in [9.17, 15) is 27.6 Å². The maximum atomic E-state index is 12.7. The van der Waals surface area contributed by atoms with Gasteiger partial charge in [-0.05, 0) is 24.3 Å². The molecule has 4 rings (SSSR count). The van der Waals surface area contributed by atoms with E-state index in [2.05, 4.69) is 5.32 Å². The van der Waals surface area contributed by atoms with Crippen LogP contribution in [-0.4, -0.2) is 53.8 Å². The lowest BCUT2D eigenvalue weighted by Crippen LogP contribution is -2.43. The molecule has 0 radical (unpaired) electrons. The van der Waals surface area contributed by atoms with Gasteiger partial charge in [-0.3, -0.25) is 33.9 Å². The Balaban J connectivity index is 1.95. The topological polar surface area (TPSA) is 138 Å². The van der Waals surface area contributed by atoms with Crippen LogP contribution in [0.15, 0.2) is 24.3 Å². The lowest BCUT2D eigenvalue weighted by molar-refractivity contribution is 0.0618. The Kier molecular flexibility index (Phi) is 3.27. The van der Waals surface area contributed by atoms with Crippen LogP contribution in [0.3, 0.4) is 0 Å². The van der Waals surface area contributed by atoms with Crippen molar-refractivity contribution in [2.24, 2.45) is 0 Å². The molecule has 0 bridgehead atoms. The smallest absolute Gasteiger partial charge is 0.266 e. The van der Waals surface area contributed by atoms with Gasteiger partial charge in [0.2, 0.25) is 0 Å². The van der Waals surface area contributed by atoms with E-state index in [0.717, 1.165) is 4.90 Å². The molecule has 0 saturated carbocycles. The van der Waals surface area contributed by atoms with Crippen molar-refractivity contribution < 1.29 is 32.1 Å². The summed E-state index contributed by atoms with van der Waals surface area (Å²) >= 11 is 0. The predicted molar refractivity (Wildman–Crippen MR) is 87.5 cm³/mol. The minimum atomic E-state index is -4.37. The van der Waals surface area contributed by atoms with Gasteiger partial charge in [-0.15, -0.1) is 0 Å². The lowest BCUT2D eigenvalue weighted by Gasteiger charge is -2.29. The molecule has 4 amide bonds. The zero-order valence-electron chi connectivity index (χ0n) is 13.0. The number of nitrogens with zero attached hydrogens (tertiary/aromatic N) is 1. The predicted octanol–water partition coefficient (Wildman–Crippen LogP) is 0.207. The van der Waals surface area contributed by atoms with Crippen LogP contribution < -0.4 is 5.32 Å². The first kappa shape index (κ1) is 16.4. The highest BCUT2D eigenvalue weighted by Gasteiger charge is 2.37. The molecule has 0 unspecified atom stereocenters. The van der Waals surface area contributed by atoms with Crippen LogP contribution in [0.25, 0.3) is 10.8 Å². The second-order valence-electron chi connectivity index (χ2n) is 5.90. The molecule has 2 heterocycles. The number of benzene rings is 2. The third kappa shape index (κ3) is 2.23. The number of amides is 4. The quantitative estimate of drug-likeness (QED) is 0.578.